The molecule has 0 aromatic carbocycles. The molecule has 2 aromatic heterocycles. The first-order valence-corrected chi connectivity index (χ1v) is 8.57. The van der Waals surface area contributed by atoms with Crippen LogP contribution in [0.15, 0.2) is 4.52 Å². The number of amides is 1. The Labute approximate surface area is 139 Å². The number of carbonyl (C=O) groups is 1. The Morgan fingerprint density at radius 3 is 2.96 bits per heavy atom. The smallest absolute Gasteiger partial charge is 0.229 e. The molecule has 1 N–H and O–H groups in total. The summed E-state index contributed by atoms with van der Waals surface area (Å²) in [4.78, 5) is 13.6. The second kappa shape index (κ2) is 6.17. The highest BCUT2D eigenvalue weighted by atomic mass is 32.1. The molecule has 0 aliphatic heterocycles. The first-order valence-electron chi connectivity index (χ1n) is 7.75. The maximum atomic E-state index is 12.3. The van der Waals surface area contributed by atoms with Gasteiger partial charge in [0.2, 0.25) is 5.91 Å². The van der Waals surface area contributed by atoms with Crippen molar-refractivity contribution in [3.8, 4) is 6.07 Å². The molecule has 1 aliphatic carbocycles. The lowest BCUT2D eigenvalue weighted by atomic mass is 9.88. The molecule has 1 amide bonds. The maximum Gasteiger partial charge on any atom is 0.229 e. The van der Waals surface area contributed by atoms with Gasteiger partial charge in [0.1, 0.15) is 16.8 Å². The Morgan fingerprint density at radius 2 is 2.30 bits per heavy atom. The number of fused-ring (bicyclic) bond motifs is 1. The van der Waals surface area contributed by atoms with E-state index in [0.717, 1.165) is 36.1 Å². The zero-order valence-corrected chi connectivity index (χ0v) is 14.3. The van der Waals surface area contributed by atoms with Crippen LogP contribution in [0.3, 0.4) is 0 Å². The van der Waals surface area contributed by atoms with Crippen LogP contribution in [0.2, 0.25) is 0 Å². The fourth-order valence-electron chi connectivity index (χ4n) is 3.04. The Kier molecular flexibility index (Phi) is 4.22. The minimum Gasteiger partial charge on any atom is -0.361 e. The van der Waals surface area contributed by atoms with Gasteiger partial charge in [-0.05, 0) is 44.6 Å². The molecule has 1 aliphatic rings. The summed E-state index contributed by atoms with van der Waals surface area (Å²) in [6.45, 7) is 5.85. The molecule has 0 saturated heterocycles. The molecule has 23 heavy (non-hydrogen) atoms. The molecule has 0 saturated carbocycles. The van der Waals surface area contributed by atoms with E-state index >= 15 is 0 Å². The van der Waals surface area contributed by atoms with Gasteiger partial charge in [0.15, 0.2) is 0 Å². The Bertz CT molecular complexity index is 778. The summed E-state index contributed by atoms with van der Waals surface area (Å²) < 4.78 is 5.09. The Morgan fingerprint density at radius 1 is 1.52 bits per heavy atom. The van der Waals surface area contributed by atoms with Crippen LogP contribution < -0.4 is 5.32 Å². The monoisotopic (exact) mass is 329 g/mol. The third-order valence-electron chi connectivity index (χ3n) is 4.39. The van der Waals surface area contributed by atoms with Gasteiger partial charge in [-0.1, -0.05) is 12.1 Å². The second-order valence-electron chi connectivity index (χ2n) is 6.20. The highest BCUT2D eigenvalue weighted by molar-refractivity contribution is 7.16. The van der Waals surface area contributed by atoms with Gasteiger partial charge in [0.25, 0.3) is 0 Å². The molecule has 0 bridgehead atoms. The number of rotatable bonds is 3. The molecule has 0 spiro atoms. The number of nitrogens with one attached hydrogen (secondary N) is 1. The standard InChI is InChI=1S/C17H19N3O2S/c1-9-4-5-12-14(8-18)17(23-15(12)6-9)19-16(21)7-13-10(2)20-22-11(13)3/h9H,4-7H2,1-3H3,(H,19,21)/t9-/m0/s1. The van der Waals surface area contributed by atoms with E-state index in [4.69, 9.17) is 4.52 Å². The fraction of sp³-hybridized carbons (Fsp3) is 0.471. The van der Waals surface area contributed by atoms with Crippen molar-refractivity contribution in [3.05, 3.63) is 33.0 Å². The van der Waals surface area contributed by atoms with Crippen molar-refractivity contribution < 1.29 is 9.32 Å². The Balaban J connectivity index is 1.80. The molecule has 5 nitrogen and oxygen atoms in total. The van der Waals surface area contributed by atoms with Gasteiger partial charge >= 0.3 is 0 Å². The van der Waals surface area contributed by atoms with Gasteiger partial charge in [0.05, 0.1) is 17.7 Å². The van der Waals surface area contributed by atoms with Crippen LogP contribution in [0, 0.1) is 31.1 Å². The molecule has 2 aromatic rings. The fourth-order valence-corrected chi connectivity index (χ4v) is 4.42. The topological polar surface area (TPSA) is 78.9 Å². The van der Waals surface area contributed by atoms with E-state index in [0.29, 0.717) is 22.2 Å². The number of anilines is 1. The van der Waals surface area contributed by atoms with E-state index in [2.05, 4.69) is 23.5 Å². The SMILES string of the molecule is Cc1noc(C)c1CC(=O)Nc1sc2c(c1C#N)CC[C@H](C)C2. The van der Waals surface area contributed by atoms with Crippen LogP contribution in [0.4, 0.5) is 5.00 Å². The third kappa shape index (κ3) is 3.02. The van der Waals surface area contributed by atoms with Crippen LogP contribution in [-0.4, -0.2) is 11.1 Å². The summed E-state index contributed by atoms with van der Waals surface area (Å²) in [6.07, 6.45) is 3.24. The number of aryl methyl sites for hydroxylation is 2. The largest absolute Gasteiger partial charge is 0.361 e. The summed E-state index contributed by atoms with van der Waals surface area (Å²) in [7, 11) is 0. The minimum absolute atomic E-state index is 0.137. The molecule has 0 radical (unpaired) electrons. The van der Waals surface area contributed by atoms with Crippen LogP contribution in [0.5, 0.6) is 0 Å². The predicted molar refractivity (Wildman–Crippen MR) is 88.5 cm³/mol. The number of nitrogens with zero attached hydrogens (tertiary/aromatic N) is 2. The molecule has 3 rings (SSSR count). The number of thiophene rings is 1. The first-order chi connectivity index (χ1) is 11.0. The number of hydrogen-bond acceptors (Lipinski definition) is 5. The lowest BCUT2D eigenvalue weighted by Crippen LogP contribution is -2.15. The van der Waals surface area contributed by atoms with Gasteiger partial charge in [0, 0.05) is 10.4 Å². The number of aromatic nitrogens is 1. The van der Waals surface area contributed by atoms with Crippen molar-refractivity contribution in [1.82, 2.24) is 5.16 Å². The number of carbonyl (C=O) groups excluding carboxylic acids is 1. The quantitative estimate of drug-likeness (QED) is 0.934. The van der Waals surface area contributed by atoms with E-state index in [-0.39, 0.29) is 12.3 Å². The molecular formula is C17H19N3O2S. The van der Waals surface area contributed by atoms with E-state index < -0.39 is 0 Å². The first kappa shape index (κ1) is 15.8. The van der Waals surface area contributed by atoms with Crippen molar-refractivity contribution in [2.24, 2.45) is 5.92 Å². The average molecular weight is 329 g/mol. The van der Waals surface area contributed by atoms with Crippen molar-refractivity contribution in [3.63, 3.8) is 0 Å². The molecular weight excluding hydrogens is 310 g/mol. The highest BCUT2D eigenvalue weighted by Crippen LogP contribution is 2.39. The summed E-state index contributed by atoms with van der Waals surface area (Å²) in [5, 5.41) is 16.9. The van der Waals surface area contributed by atoms with Crippen LogP contribution >= 0.6 is 11.3 Å². The zero-order valence-electron chi connectivity index (χ0n) is 13.5. The number of hydrogen-bond donors (Lipinski definition) is 1. The van der Waals surface area contributed by atoms with Gasteiger partial charge in [-0.15, -0.1) is 11.3 Å². The van der Waals surface area contributed by atoms with Gasteiger partial charge in [-0.2, -0.15) is 5.26 Å². The molecule has 6 heteroatoms. The van der Waals surface area contributed by atoms with Crippen LogP contribution in [-0.2, 0) is 24.1 Å². The summed E-state index contributed by atoms with van der Waals surface area (Å²) in [6, 6.07) is 2.27. The normalized spacial score (nSPS) is 16.7. The summed E-state index contributed by atoms with van der Waals surface area (Å²) in [5.41, 5.74) is 3.32. The number of nitriles is 1. The highest BCUT2D eigenvalue weighted by Gasteiger charge is 2.25. The van der Waals surface area contributed by atoms with E-state index in [9.17, 15) is 10.1 Å². The van der Waals surface area contributed by atoms with Crippen molar-refractivity contribution in [2.75, 3.05) is 5.32 Å². The van der Waals surface area contributed by atoms with Crippen molar-refractivity contribution in [1.29, 1.82) is 5.26 Å². The van der Waals surface area contributed by atoms with Gasteiger partial charge in [-0.3, -0.25) is 4.79 Å². The third-order valence-corrected chi connectivity index (χ3v) is 5.56. The maximum absolute atomic E-state index is 12.3. The van der Waals surface area contributed by atoms with E-state index in [1.54, 1.807) is 18.3 Å². The van der Waals surface area contributed by atoms with Crippen molar-refractivity contribution in [2.45, 2.75) is 46.5 Å². The van der Waals surface area contributed by atoms with Crippen LogP contribution in [0.1, 0.15) is 46.4 Å². The van der Waals surface area contributed by atoms with Crippen LogP contribution in [0.25, 0.3) is 0 Å². The molecule has 2 heterocycles. The zero-order chi connectivity index (χ0) is 16.6. The summed E-state index contributed by atoms with van der Waals surface area (Å²) in [5.74, 6) is 1.17. The van der Waals surface area contributed by atoms with E-state index in [1.165, 1.54) is 4.88 Å². The van der Waals surface area contributed by atoms with E-state index in [1.807, 2.05) is 6.92 Å². The molecule has 1 atom stereocenters. The lowest BCUT2D eigenvalue weighted by molar-refractivity contribution is -0.115. The second-order valence-corrected chi connectivity index (χ2v) is 7.30. The Hall–Kier alpha value is -2.13. The average Bonchev–Trinajstić information content (AvgIpc) is 3.00. The minimum atomic E-state index is -0.137. The summed E-state index contributed by atoms with van der Waals surface area (Å²) >= 11 is 1.55. The molecule has 0 unspecified atom stereocenters. The molecule has 0 fully saturated rings. The predicted octanol–water partition coefficient (Wildman–Crippen LogP) is 3.53. The van der Waals surface area contributed by atoms with Crippen molar-refractivity contribution >= 4 is 22.2 Å². The van der Waals surface area contributed by atoms with Gasteiger partial charge < -0.3 is 9.84 Å². The molecule has 120 valence electrons. The lowest BCUT2D eigenvalue weighted by Gasteiger charge is -2.17. The van der Waals surface area contributed by atoms with Gasteiger partial charge in [-0.25, -0.2) is 0 Å².